The molecule has 0 spiro atoms. The Morgan fingerprint density at radius 1 is 1.02 bits per heavy atom. The third-order valence-electron chi connectivity index (χ3n) is 6.75. The minimum absolute atomic E-state index is 0.185. The van der Waals surface area contributed by atoms with Crippen molar-refractivity contribution >= 4 is 28.8 Å². The van der Waals surface area contributed by atoms with E-state index in [0.29, 0.717) is 34.6 Å². The van der Waals surface area contributed by atoms with Crippen LogP contribution in [0.4, 0.5) is 5.69 Å². The van der Waals surface area contributed by atoms with Gasteiger partial charge in [-0.1, -0.05) is 26.0 Å². The van der Waals surface area contributed by atoms with Crippen LogP contribution in [0.2, 0.25) is 0 Å². The van der Waals surface area contributed by atoms with E-state index >= 15 is 0 Å². The summed E-state index contributed by atoms with van der Waals surface area (Å²) in [4.78, 5) is 32.7. The molecule has 0 bridgehead atoms. The summed E-state index contributed by atoms with van der Waals surface area (Å²) < 4.78 is 18.1. The highest BCUT2D eigenvalue weighted by Gasteiger charge is 2.19. The first kappa shape index (κ1) is 30.3. The van der Waals surface area contributed by atoms with Crippen molar-refractivity contribution in [1.82, 2.24) is 9.66 Å². The molecule has 1 heterocycles. The molecule has 0 aliphatic carbocycles. The molecule has 0 aliphatic heterocycles. The van der Waals surface area contributed by atoms with Crippen LogP contribution in [0, 0.1) is 6.92 Å². The largest absolute Gasteiger partial charge is 0.494 e. The van der Waals surface area contributed by atoms with Crippen LogP contribution in [0.15, 0.2) is 64.5 Å². The Labute approximate surface area is 246 Å². The number of fused-ring (bicyclic) bond motifs is 1. The van der Waals surface area contributed by atoms with Crippen LogP contribution in [0.25, 0.3) is 22.3 Å². The fourth-order valence-electron chi connectivity index (χ4n) is 4.57. The van der Waals surface area contributed by atoms with Gasteiger partial charge in [-0.3, -0.25) is 4.79 Å². The Balaban J connectivity index is 1.89. The smallest absolute Gasteiger partial charge is 0.344 e. The lowest BCUT2D eigenvalue weighted by Gasteiger charge is -2.18. The molecule has 0 saturated heterocycles. The number of carbonyl (C=O) groups is 1. The van der Waals surface area contributed by atoms with Gasteiger partial charge in [0.05, 0.1) is 30.3 Å². The lowest BCUT2D eigenvalue weighted by atomic mass is 9.96. The zero-order valence-corrected chi connectivity index (χ0v) is 25.3. The van der Waals surface area contributed by atoms with Crippen molar-refractivity contribution in [1.29, 1.82) is 0 Å². The summed E-state index contributed by atoms with van der Waals surface area (Å²) >= 11 is 0. The molecule has 0 amide bonds. The zero-order chi connectivity index (χ0) is 30.4. The second-order valence-electron chi connectivity index (χ2n) is 10.3. The van der Waals surface area contributed by atoms with Crippen molar-refractivity contribution in [2.75, 3.05) is 38.8 Å². The minimum atomic E-state index is -0.472. The minimum Gasteiger partial charge on any atom is -0.494 e. The molecule has 9 nitrogen and oxygen atoms in total. The molecule has 4 rings (SSSR count). The number of nitrogens with zero attached hydrogens (tertiary/aromatic N) is 4. The first-order valence-electron chi connectivity index (χ1n) is 14.1. The van der Waals surface area contributed by atoms with Gasteiger partial charge in [-0.05, 0) is 74.2 Å². The van der Waals surface area contributed by atoms with Gasteiger partial charge in [-0.25, -0.2) is 9.78 Å². The number of aromatic nitrogens is 2. The van der Waals surface area contributed by atoms with Gasteiger partial charge in [-0.15, -0.1) is 0 Å². The highest BCUT2D eigenvalue weighted by molar-refractivity contribution is 5.86. The summed E-state index contributed by atoms with van der Waals surface area (Å²) in [6, 6.07) is 16.8. The molecule has 9 heteroatoms. The number of para-hydroxylation sites is 1. The summed E-state index contributed by atoms with van der Waals surface area (Å²) in [6.45, 7) is 10.4. The van der Waals surface area contributed by atoms with Gasteiger partial charge in [0.1, 0.15) is 11.5 Å². The topological polar surface area (TPSA) is 95.2 Å². The van der Waals surface area contributed by atoms with Crippen LogP contribution < -0.4 is 19.9 Å². The van der Waals surface area contributed by atoms with Crippen molar-refractivity contribution in [3.05, 3.63) is 81.6 Å². The van der Waals surface area contributed by atoms with E-state index in [0.717, 1.165) is 28.1 Å². The van der Waals surface area contributed by atoms with E-state index in [1.807, 2.05) is 75.3 Å². The predicted molar refractivity (Wildman–Crippen MR) is 167 cm³/mol. The van der Waals surface area contributed by atoms with E-state index in [1.165, 1.54) is 4.68 Å². The Bertz CT molecular complexity index is 1670. The van der Waals surface area contributed by atoms with E-state index in [4.69, 9.17) is 19.2 Å². The Hall–Kier alpha value is -4.66. The van der Waals surface area contributed by atoms with E-state index < -0.39 is 5.97 Å². The zero-order valence-electron chi connectivity index (χ0n) is 25.3. The molecule has 0 N–H and O–H groups in total. The number of hydrogen-bond donors (Lipinski definition) is 0. The standard InChI is InChI=1S/C33H38N4O5/c1-8-40-30-16-22(5)27(18-26(30)21(3)4)32-35-28-13-11-10-12-25(28)33(39)37(32)34-19-23-14-15-24(36(6)7)17-29(23)42-20-31(38)41-9-2/h10-19,21H,8-9,20H2,1-7H3. The van der Waals surface area contributed by atoms with Crippen LogP contribution >= 0.6 is 0 Å². The van der Waals surface area contributed by atoms with Crippen LogP contribution in [-0.2, 0) is 9.53 Å². The fourth-order valence-corrected chi connectivity index (χ4v) is 4.57. The first-order valence-corrected chi connectivity index (χ1v) is 14.1. The molecular formula is C33H38N4O5. The van der Waals surface area contributed by atoms with Gasteiger partial charge in [0.25, 0.3) is 5.56 Å². The Morgan fingerprint density at radius 2 is 1.79 bits per heavy atom. The van der Waals surface area contributed by atoms with Gasteiger partial charge in [0.2, 0.25) is 0 Å². The van der Waals surface area contributed by atoms with Crippen LogP contribution in [0.3, 0.4) is 0 Å². The second kappa shape index (κ2) is 13.3. The Morgan fingerprint density at radius 3 is 2.48 bits per heavy atom. The van der Waals surface area contributed by atoms with Gasteiger partial charge in [0, 0.05) is 37.0 Å². The predicted octanol–water partition coefficient (Wildman–Crippen LogP) is 5.78. The summed E-state index contributed by atoms with van der Waals surface area (Å²) in [7, 11) is 3.82. The molecule has 3 aromatic carbocycles. The number of aryl methyl sites for hydroxylation is 1. The third kappa shape index (κ3) is 6.62. The van der Waals surface area contributed by atoms with E-state index in [2.05, 4.69) is 18.9 Å². The molecule has 1 aromatic heterocycles. The number of esters is 1. The number of anilines is 1. The summed E-state index contributed by atoms with van der Waals surface area (Å²) in [5.41, 5.74) is 4.45. The van der Waals surface area contributed by atoms with Crippen LogP contribution in [-0.4, -0.2) is 55.8 Å². The lowest BCUT2D eigenvalue weighted by Crippen LogP contribution is -2.21. The van der Waals surface area contributed by atoms with E-state index in [1.54, 1.807) is 25.3 Å². The van der Waals surface area contributed by atoms with Crippen molar-refractivity contribution in [2.45, 2.75) is 40.5 Å². The lowest BCUT2D eigenvalue weighted by molar-refractivity contribution is -0.145. The summed E-state index contributed by atoms with van der Waals surface area (Å²) in [5, 5.41) is 5.10. The van der Waals surface area contributed by atoms with Crippen molar-refractivity contribution in [3.8, 4) is 22.9 Å². The molecular weight excluding hydrogens is 532 g/mol. The maximum absolute atomic E-state index is 13.8. The van der Waals surface area contributed by atoms with Crippen molar-refractivity contribution in [3.63, 3.8) is 0 Å². The highest BCUT2D eigenvalue weighted by atomic mass is 16.6. The average molecular weight is 571 g/mol. The van der Waals surface area contributed by atoms with E-state index in [9.17, 15) is 9.59 Å². The van der Waals surface area contributed by atoms with Crippen LogP contribution in [0.5, 0.6) is 11.5 Å². The normalized spacial score (nSPS) is 11.3. The molecule has 0 saturated carbocycles. The van der Waals surface area contributed by atoms with Gasteiger partial charge >= 0.3 is 5.97 Å². The number of benzene rings is 3. The van der Waals surface area contributed by atoms with Gasteiger partial charge in [0.15, 0.2) is 12.4 Å². The van der Waals surface area contributed by atoms with Gasteiger partial charge < -0.3 is 19.1 Å². The summed E-state index contributed by atoms with van der Waals surface area (Å²) in [5.74, 6) is 1.37. The number of rotatable bonds is 11. The molecule has 42 heavy (non-hydrogen) atoms. The maximum Gasteiger partial charge on any atom is 0.344 e. The Kier molecular flexibility index (Phi) is 9.62. The molecule has 0 fully saturated rings. The fraction of sp³-hybridized carbons (Fsp3) is 0.333. The maximum atomic E-state index is 13.8. The molecule has 220 valence electrons. The number of ether oxygens (including phenoxy) is 3. The SMILES string of the molecule is CCOC(=O)COc1cc(N(C)C)ccc1C=Nn1c(-c2cc(C(C)C)c(OCC)cc2C)nc2ccccc2c1=O. The first-order chi connectivity index (χ1) is 20.1. The second-order valence-corrected chi connectivity index (χ2v) is 10.3. The average Bonchev–Trinajstić information content (AvgIpc) is 2.96. The highest BCUT2D eigenvalue weighted by Crippen LogP contribution is 2.34. The van der Waals surface area contributed by atoms with E-state index in [-0.39, 0.29) is 24.7 Å². The molecule has 0 unspecified atom stereocenters. The molecule has 4 aromatic rings. The van der Waals surface area contributed by atoms with Crippen molar-refractivity contribution < 1.29 is 19.0 Å². The molecule has 0 atom stereocenters. The van der Waals surface area contributed by atoms with Crippen molar-refractivity contribution in [2.24, 2.45) is 5.10 Å². The summed E-state index contributed by atoms with van der Waals surface area (Å²) in [6.07, 6.45) is 1.55. The third-order valence-corrected chi connectivity index (χ3v) is 6.75. The quantitative estimate of drug-likeness (QED) is 0.167. The van der Waals surface area contributed by atoms with Gasteiger partial charge in [-0.2, -0.15) is 9.78 Å². The monoisotopic (exact) mass is 570 g/mol. The number of carbonyl (C=O) groups excluding carboxylic acids is 1. The van der Waals surface area contributed by atoms with Crippen LogP contribution in [0.1, 0.15) is 50.3 Å². The number of hydrogen-bond acceptors (Lipinski definition) is 8. The molecule has 0 aliphatic rings. The molecule has 0 radical (unpaired) electrons.